The van der Waals surface area contributed by atoms with Gasteiger partial charge in [0, 0.05) is 24.6 Å². The minimum absolute atomic E-state index is 0.270. The van der Waals surface area contributed by atoms with Gasteiger partial charge in [-0.2, -0.15) is 0 Å². The summed E-state index contributed by atoms with van der Waals surface area (Å²) in [4.78, 5) is 4.46. The van der Waals surface area contributed by atoms with Crippen LogP contribution in [0.5, 0.6) is 0 Å². The number of methoxy groups -OCH3 is 1. The molecule has 0 bridgehead atoms. The Kier molecular flexibility index (Phi) is 4.94. The third-order valence-electron chi connectivity index (χ3n) is 3.78. The number of benzene rings is 2. The van der Waals surface area contributed by atoms with Crippen molar-refractivity contribution in [1.29, 1.82) is 0 Å². The number of nitrogens with zero attached hydrogens (tertiary/aromatic N) is 2. The highest BCUT2D eigenvalue weighted by Gasteiger charge is 2.14. The zero-order valence-corrected chi connectivity index (χ0v) is 15.4. The van der Waals surface area contributed by atoms with E-state index in [2.05, 4.69) is 4.98 Å². The topological polar surface area (TPSA) is 61.2 Å². The van der Waals surface area contributed by atoms with Crippen LogP contribution in [0.2, 0.25) is 5.15 Å². The standard InChI is InChI=1S/C18H17ClN2O3S/c1-24-11-13-4-3-5-14(10-13)17-18(19)20-12-21(17)15-6-8-16(9-7-15)25(2,22)23/h3-10,12H,11H2,1-2H3. The molecule has 1 heterocycles. The first-order chi connectivity index (χ1) is 11.9. The Labute approximate surface area is 151 Å². The zero-order chi connectivity index (χ0) is 18.0. The summed E-state index contributed by atoms with van der Waals surface area (Å²) in [6.45, 7) is 0.503. The molecule has 0 aliphatic carbocycles. The summed E-state index contributed by atoms with van der Waals surface area (Å²) in [5.41, 5.74) is 3.45. The summed E-state index contributed by atoms with van der Waals surface area (Å²) in [6.07, 6.45) is 2.80. The number of hydrogen-bond donors (Lipinski definition) is 0. The molecule has 0 radical (unpaired) electrons. The van der Waals surface area contributed by atoms with E-state index in [1.807, 2.05) is 28.8 Å². The van der Waals surface area contributed by atoms with Gasteiger partial charge < -0.3 is 4.74 Å². The number of hydrogen-bond acceptors (Lipinski definition) is 4. The molecule has 0 unspecified atom stereocenters. The van der Waals surface area contributed by atoms with E-state index in [1.54, 1.807) is 37.7 Å². The Balaban J connectivity index is 2.07. The van der Waals surface area contributed by atoms with Gasteiger partial charge in [-0.05, 0) is 35.9 Å². The van der Waals surface area contributed by atoms with Gasteiger partial charge >= 0.3 is 0 Å². The first-order valence-electron chi connectivity index (χ1n) is 7.52. The molecule has 0 saturated carbocycles. The van der Waals surface area contributed by atoms with Crippen LogP contribution in [0.4, 0.5) is 0 Å². The lowest BCUT2D eigenvalue weighted by Gasteiger charge is -2.11. The van der Waals surface area contributed by atoms with E-state index < -0.39 is 9.84 Å². The summed E-state index contributed by atoms with van der Waals surface area (Å²) in [5.74, 6) is 0. The van der Waals surface area contributed by atoms with Crippen LogP contribution in [0.25, 0.3) is 16.9 Å². The molecule has 0 spiro atoms. The molecule has 3 aromatic rings. The minimum Gasteiger partial charge on any atom is -0.380 e. The number of imidazole rings is 1. The molecule has 0 fully saturated rings. The van der Waals surface area contributed by atoms with Crippen molar-refractivity contribution in [2.45, 2.75) is 11.5 Å². The number of aromatic nitrogens is 2. The molecular formula is C18H17ClN2O3S. The molecule has 1 aromatic heterocycles. The van der Waals surface area contributed by atoms with Crippen molar-refractivity contribution < 1.29 is 13.2 Å². The van der Waals surface area contributed by atoms with Gasteiger partial charge in [-0.1, -0.05) is 29.8 Å². The highest BCUT2D eigenvalue weighted by Crippen LogP contribution is 2.30. The van der Waals surface area contributed by atoms with Crippen molar-refractivity contribution >= 4 is 21.4 Å². The van der Waals surface area contributed by atoms with E-state index in [1.165, 1.54) is 6.26 Å². The first-order valence-corrected chi connectivity index (χ1v) is 9.78. The average molecular weight is 377 g/mol. The van der Waals surface area contributed by atoms with Gasteiger partial charge in [-0.25, -0.2) is 13.4 Å². The number of sulfone groups is 1. The van der Waals surface area contributed by atoms with E-state index in [4.69, 9.17) is 16.3 Å². The molecule has 0 aliphatic rings. The van der Waals surface area contributed by atoms with Crippen LogP contribution < -0.4 is 0 Å². The maximum absolute atomic E-state index is 11.6. The van der Waals surface area contributed by atoms with Gasteiger partial charge in [0.1, 0.15) is 6.33 Å². The lowest BCUT2D eigenvalue weighted by molar-refractivity contribution is 0.185. The SMILES string of the molecule is COCc1cccc(-c2c(Cl)ncn2-c2ccc(S(C)(=O)=O)cc2)c1. The van der Waals surface area contributed by atoms with Crippen molar-refractivity contribution in [2.75, 3.05) is 13.4 Å². The lowest BCUT2D eigenvalue weighted by atomic mass is 10.1. The fourth-order valence-corrected chi connectivity index (χ4v) is 3.48. The predicted octanol–water partition coefficient (Wildman–Crippen LogP) is 3.74. The van der Waals surface area contributed by atoms with Gasteiger partial charge in [0.2, 0.25) is 0 Å². The van der Waals surface area contributed by atoms with E-state index in [0.717, 1.165) is 22.5 Å². The highest BCUT2D eigenvalue weighted by molar-refractivity contribution is 7.90. The van der Waals surface area contributed by atoms with Crippen LogP contribution in [-0.2, 0) is 21.2 Å². The summed E-state index contributed by atoms with van der Waals surface area (Å²) in [6, 6.07) is 14.5. The second-order valence-electron chi connectivity index (χ2n) is 5.65. The monoisotopic (exact) mass is 376 g/mol. The van der Waals surface area contributed by atoms with E-state index in [-0.39, 0.29) is 4.90 Å². The van der Waals surface area contributed by atoms with Gasteiger partial charge in [0.05, 0.1) is 17.2 Å². The van der Waals surface area contributed by atoms with Crippen molar-refractivity contribution in [2.24, 2.45) is 0 Å². The third-order valence-corrected chi connectivity index (χ3v) is 5.18. The molecule has 0 aliphatic heterocycles. The van der Waals surface area contributed by atoms with Crippen LogP contribution in [0, 0.1) is 0 Å². The van der Waals surface area contributed by atoms with Gasteiger partial charge in [0.15, 0.2) is 15.0 Å². The third kappa shape index (κ3) is 3.76. The van der Waals surface area contributed by atoms with Gasteiger partial charge in [-0.3, -0.25) is 4.57 Å². The summed E-state index contributed by atoms with van der Waals surface area (Å²) in [5, 5.41) is 0.377. The van der Waals surface area contributed by atoms with Crippen LogP contribution in [0.1, 0.15) is 5.56 Å². The quantitative estimate of drug-likeness (QED) is 0.680. The molecular weight excluding hydrogens is 360 g/mol. The van der Waals surface area contributed by atoms with Gasteiger partial charge in [-0.15, -0.1) is 0 Å². The normalized spacial score (nSPS) is 11.6. The van der Waals surface area contributed by atoms with E-state index in [0.29, 0.717) is 11.8 Å². The number of ether oxygens (including phenoxy) is 1. The Morgan fingerprint density at radius 1 is 1.16 bits per heavy atom. The molecule has 5 nitrogen and oxygen atoms in total. The molecule has 0 atom stereocenters. The fourth-order valence-electron chi connectivity index (χ4n) is 2.61. The highest BCUT2D eigenvalue weighted by atomic mass is 35.5. The van der Waals surface area contributed by atoms with Crippen molar-refractivity contribution in [3.63, 3.8) is 0 Å². The van der Waals surface area contributed by atoms with Gasteiger partial charge in [0.25, 0.3) is 0 Å². The molecule has 3 rings (SSSR count). The number of rotatable bonds is 5. The lowest BCUT2D eigenvalue weighted by Crippen LogP contribution is -1.99. The molecule has 0 saturated heterocycles. The molecule has 0 amide bonds. The Morgan fingerprint density at radius 2 is 1.88 bits per heavy atom. The van der Waals surface area contributed by atoms with Crippen LogP contribution in [0.15, 0.2) is 59.8 Å². The fraction of sp³-hybridized carbons (Fsp3) is 0.167. The molecule has 130 valence electrons. The molecule has 2 aromatic carbocycles. The predicted molar refractivity (Wildman–Crippen MR) is 97.8 cm³/mol. The zero-order valence-electron chi connectivity index (χ0n) is 13.8. The second-order valence-corrected chi connectivity index (χ2v) is 8.03. The van der Waals surface area contributed by atoms with Crippen LogP contribution >= 0.6 is 11.6 Å². The summed E-state index contributed by atoms with van der Waals surface area (Å²) >= 11 is 6.30. The van der Waals surface area contributed by atoms with Crippen molar-refractivity contribution in [3.05, 3.63) is 65.6 Å². The molecule has 25 heavy (non-hydrogen) atoms. The van der Waals surface area contributed by atoms with Crippen LogP contribution in [-0.4, -0.2) is 31.3 Å². The Hall–Kier alpha value is -2.15. The average Bonchev–Trinajstić information content (AvgIpc) is 2.96. The van der Waals surface area contributed by atoms with E-state index in [9.17, 15) is 8.42 Å². The first kappa shape index (κ1) is 17.7. The van der Waals surface area contributed by atoms with Crippen LogP contribution in [0.3, 0.4) is 0 Å². The summed E-state index contributed by atoms with van der Waals surface area (Å²) < 4.78 is 30.3. The largest absolute Gasteiger partial charge is 0.380 e. The van der Waals surface area contributed by atoms with Crippen molar-refractivity contribution in [3.8, 4) is 16.9 Å². The number of halogens is 1. The minimum atomic E-state index is -3.24. The maximum Gasteiger partial charge on any atom is 0.175 e. The Bertz CT molecular complexity index is 995. The smallest absolute Gasteiger partial charge is 0.175 e. The van der Waals surface area contributed by atoms with Crippen molar-refractivity contribution in [1.82, 2.24) is 9.55 Å². The molecule has 0 N–H and O–H groups in total. The summed E-state index contributed by atoms with van der Waals surface area (Å²) in [7, 11) is -1.59. The molecule has 7 heteroatoms. The Morgan fingerprint density at radius 3 is 2.52 bits per heavy atom. The van der Waals surface area contributed by atoms with E-state index >= 15 is 0 Å². The second kappa shape index (κ2) is 7.00. The maximum atomic E-state index is 11.6.